The summed E-state index contributed by atoms with van der Waals surface area (Å²) in [6, 6.07) is 7.09. The number of hydrogen-bond acceptors (Lipinski definition) is 1. The molecule has 1 N–H and O–H groups in total. The molecule has 0 heterocycles. The van der Waals surface area contributed by atoms with Crippen molar-refractivity contribution < 1.29 is 9.90 Å². The minimum absolute atomic E-state index is 0.349. The molecule has 0 unspecified atom stereocenters. The molecule has 2 heteroatoms. The van der Waals surface area contributed by atoms with E-state index in [1.165, 1.54) is 38.5 Å². The molecule has 1 aliphatic carbocycles. The maximum absolute atomic E-state index is 10.8. The zero-order valence-corrected chi connectivity index (χ0v) is 12.2. The van der Waals surface area contributed by atoms with Gasteiger partial charge in [-0.05, 0) is 55.2 Å². The first-order valence-electron chi connectivity index (χ1n) is 7.70. The molecule has 0 atom stereocenters. The van der Waals surface area contributed by atoms with E-state index < -0.39 is 5.97 Å². The molecule has 0 amide bonds. The van der Waals surface area contributed by atoms with Gasteiger partial charge in [0.25, 0.3) is 0 Å². The van der Waals surface area contributed by atoms with Crippen molar-refractivity contribution in [1.82, 2.24) is 0 Å². The fourth-order valence-electron chi connectivity index (χ4n) is 3.06. The second kappa shape index (κ2) is 7.28. The Bertz CT molecular complexity index is 451. The SMILES string of the molecule is CCCC1CCC(/C=C/c2ccc(C(=O)O)cc2)CC1. The Labute approximate surface area is 121 Å². The molecule has 1 aromatic rings. The molecule has 20 heavy (non-hydrogen) atoms. The summed E-state index contributed by atoms with van der Waals surface area (Å²) in [6.45, 7) is 2.27. The Balaban J connectivity index is 1.85. The average Bonchev–Trinajstić information content (AvgIpc) is 2.47. The zero-order valence-electron chi connectivity index (χ0n) is 12.2. The van der Waals surface area contributed by atoms with Crippen LogP contribution in [0.5, 0.6) is 0 Å². The Morgan fingerprint density at radius 2 is 1.85 bits per heavy atom. The van der Waals surface area contributed by atoms with E-state index in [1.54, 1.807) is 12.1 Å². The Morgan fingerprint density at radius 1 is 1.20 bits per heavy atom. The van der Waals surface area contributed by atoms with E-state index in [0.717, 1.165) is 11.5 Å². The van der Waals surface area contributed by atoms with Crippen LogP contribution in [0, 0.1) is 11.8 Å². The Hall–Kier alpha value is -1.57. The van der Waals surface area contributed by atoms with Crippen molar-refractivity contribution in [1.29, 1.82) is 0 Å². The molecule has 0 saturated heterocycles. The third-order valence-corrected chi connectivity index (χ3v) is 4.31. The van der Waals surface area contributed by atoms with E-state index in [1.807, 2.05) is 12.1 Å². The second-order valence-electron chi connectivity index (χ2n) is 5.86. The molecule has 108 valence electrons. The van der Waals surface area contributed by atoms with E-state index in [-0.39, 0.29) is 0 Å². The molecular weight excluding hydrogens is 248 g/mol. The Morgan fingerprint density at radius 3 is 2.40 bits per heavy atom. The van der Waals surface area contributed by atoms with Crippen LogP contribution in [-0.2, 0) is 0 Å². The zero-order chi connectivity index (χ0) is 14.4. The topological polar surface area (TPSA) is 37.3 Å². The molecule has 1 aliphatic rings. The van der Waals surface area contributed by atoms with Gasteiger partial charge in [0.2, 0.25) is 0 Å². The van der Waals surface area contributed by atoms with Gasteiger partial charge in [0.15, 0.2) is 0 Å². The summed E-state index contributed by atoms with van der Waals surface area (Å²) < 4.78 is 0. The van der Waals surface area contributed by atoms with Crippen molar-refractivity contribution in [3.63, 3.8) is 0 Å². The number of carboxylic acids is 1. The standard InChI is InChI=1S/C18H24O2/c1-2-3-14-4-6-15(7-5-14)8-9-16-10-12-17(13-11-16)18(19)20/h8-15H,2-7H2,1H3,(H,19,20)/b9-8+. The number of carboxylic acid groups (broad SMARTS) is 1. The third kappa shape index (κ3) is 4.22. The van der Waals surface area contributed by atoms with Crippen molar-refractivity contribution in [3.05, 3.63) is 41.5 Å². The van der Waals surface area contributed by atoms with Gasteiger partial charge in [-0.3, -0.25) is 0 Å². The van der Waals surface area contributed by atoms with E-state index in [4.69, 9.17) is 5.11 Å². The molecule has 0 aromatic heterocycles. The maximum Gasteiger partial charge on any atom is 0.335 e. The van der Waals surface area contributed by atoms with E-state index in [9.17, 15) is 4.79 Å². The van der Waals surface area contributed by atoms with Gasteiger partial charge in [-0.15, -0.1) is 0 Å². The summed E-state index contributed by atoms with van der Waals surface area (Å²) in [6.07, 6.45) is 12.5. The lowest BCUT2D eigenvalue weighted by Gasteiger charge is -2.26. The van der Waals surface area contributed by atoms with Gasteiger partial charge in [0.05, 0.1) is 5.56 Å². The molecule has 0 spiro atoms. The van der Waals surface area contributed by atoms with E-state index in [0.29, 0.717) is 11.5 Å². The highest BCUT2D eigenvalue weighted by atomic mass is 16.4. The van der Waals surface area contributed by atoms with Crippen LogP contribution in [0.2, 0.25) is 0 Å². The fraction of sp³-hybridized carbons (Fsp3) is 0.500. The van der Waals surface area contributed by atoms with Crippen LogP contribution in [0.1, 0.15) is 61.4 Å². The molecule has 2 rings (SSSR count). The van der Waals surface area contributed by atoms with Gasteiger partial charge in [-0.1, -0.05) is 44.1 Å². The highest BCUT2D eigenvalue weighted by Gasteiger charge is 2.18. The van der Waals surface area contributed by atoms with Gasteiger partial charge < -0.3 is 5.11 Å². The molecule has 2 nitrogen and oxygen atoms in total. The first kappa shape index (κ1) is 14.8. The van der Waals surface area contributed by atoms with Crippen LogP contribution < -0.4 is 0 Å². The molecule has 1 fully saturated rings. The van der Waals surface area contributed by atoms with Gasteiger partial charge in [0, 0.05) is 0 Å². The number of benzene rings is 1. The number of carbonyl (C=O) groups is 1. The molecule has 1 aromatic carbocycles. The van der Waals surface area contributed by atoms with Crippen LogP contribution in [0.15, 0.2) is 30.3 Å². The summed E-state index contributed by atoms with van der Waals surface area (Å²) >= 11 is 0. The van der Waals surface area contributed by atoms with Gasteiger partial charge in [0.1, 0.15) is 0 Å². The summed E-state index contributed by atoms with van der Waals surface area (Å²) in [4.78, 5) is 10.8. The Kier molecular flexibility index (Phi) is 5.40. The van der Waals surface area contributed by atoms with Gasteiger partial charge in [-0.2, -0.15) is 0 Å². The summed E-state index contributed by atoms with van der Waals surface area (Å²) in [5.41, 5.74) is 1.44. The minimum Gasteiger partial charge on any atom is -0.478 e. The van der Waals surface area contributed by atoms with Crippen LogP contribution >= 0.6 is 0 Å². The summed E-state index contributed by atoms with van der Waals surface area (Å²) in [5.74, 6) is 0.775. The van der Waals surface area contributed by atoms with Crippen LogP contribution in [-0.4, -0.2) is 11.1 Å². The highest BCUT2D eigenvalue weighted by Crippen LogP contribution is 2.32. The lowest BCUT2D eigenvalue weighted by molar-refractivity contribution is 0.0697. The van der Waals surface area contributed by atoms with Crippen molar-refractivity contribution in [3.8, 4) is 0 Å². The van der Waals surface area contributed by atoms with Crippen molar-refractivity contribution in [2.24, 2.45) is 11.8 Å². The van der Waals surface area contributed by atoms with Crippen LogP contribution in [0.4, 0.5) is 0 Å². The number of rotatable bonds is 5. The molecular formula is C18H24O2. The van der Waals surface area contributed by atoms with Gasteiger partial charge >= 0.3 is 5.97 Å². The molecule has 0 radical (unpaired) electrons. The first-order chi connectivity index (χ1) is 9.69. The van der Waals surface area contributed by atoms with Crippen molar-refractivity contribution in [2.45, 2.75) is 45.4 Å². The fourth-order valence-corrected chi connectivity index (χ4v) is 3.06. The van der Waals surface area contributed by atoms with Crippen LogP contribution in [0.3, 0.4) is 0 Å². The normalized spacial score (nSPS) is 23.1. The second-order valence-corrected chi connectivity index (χ2v) is 5.86. The smallest absolute Gasteiger partial charge is 0.335 e. The first-order valence-corrected chi connectivity index (χ1v) is 7.70. The number of aromatic carboxylic acids is 1. The summed E-state index contributed by atoms with van der Waals surface area (Å²) in [7, 11) is 0. The number of hydrogen-bond donors (Lipinski definition) is 1. The predicted molar refractivity (Wildman–Crippen MR) is 82.8 cm³/mol. The predicted octanol–water partition coefficient (Wildman–Crippen LogP) is 5.00. The van der Waals surface area contributed by atoms with Gasteiger partial charge in [-0.25, -0.2) is 4.79 Å². The van der Waals surface area contributed by atoms with Crippen molar-refractivity contribution in [2.75, 3.05) is 0 Å². The summed E-state index contributed by atoms with van der Waals surface area (Å²) in [5, 5.41) is 8.86. The minimum atomic E-state index is -0.866. The quantitative estimate of drug-likeness (QED) is 0.818. The lowest BCUT2D eigenvalue weighted by atomic mass is 9.80. The molecule has 0 aliphatic heterocycles. The molecule has 1 saturated carbocycles. The highest BCUT2D eigenvalue weighted by molar-refractivity contribution is 5.87. The van der Waals surface area contributed by atoms with E-state index in [2.05, 4.69) is 19.1 Å². The monoisotopic (exact) mass is 272 g/mol. The third-order valence-electron chi connectivity index (χ3n) is 4.31. The largest absolute Gasteiger partial charge is 0.478 e. The lowest BCUT2D eigenvalue weighted by Crippen LogP contribution is -2.12. The van der Waals surface area contributed by atoms with E-state index >= 15 is 0 Å². The van der Waals surface area contributed by atoms with Crippen molar-refractivity contribution >= 4 is 12.0 Å². The maximum atomic E-state index is 10.8. The average molecular weight is 272 g/mol. The molecule has 0 bridgehead atoms. The van der Waals surface area contributed by atoms with Crippen LogP contribution in [0.25, 0.3) is 6.08 Å². The number of allylic oxidation sites excluding steroid dienone is 1.